The fourth-order valence-electron chi connectivity index (χ4n) is 1.31. The van der Waals surface area contributed by atoms with E-state index < -0.39 is 0 Å². The molecule has 0 saturated carbocycles. The van der Waals surface area contributed by atoms with Gasteiger partial charge in [-0.2, -0.15) is 0 Å². The lowest BCUT2D eigenvalue weighted by atomic mass is 10.2. The Bertz CT molecular complexity index is 246. The lowest BCUT2D eigenvalue weighted by molar-refractivity contribution is -0.121. The normalized spacial score (nSPS) is 18.0. The van der Waals surface area contributed by atoms with Crippen molar-refractivity contribution in [3.8, 4) is 0 Å². The zero-order valence-corrected chi connectivity index (χ0v) is 10.1. The van der Waals surface area contributed by atoms with Gasteiger partial charge in [0.1, 0.15) is 0 Å². The summed E-state index contributed by atoms with van der Waals surface area (Å²) < 4.78 is 0. The first-order valence-corrected chi connectivity index (χ1v) is 6.33. The van der Waals surface area contributed by atoms with Gasteiger partial charge in [0.05, 0.1) is 0 Å². The van der Waals surface area contributed by atoms with Crippen LogP contribution in [0.15, 0.2) is 0 Å². The number of amides is 2. The first-order valence-electron chi connectivity index (χ1n) is 5.34. The minimum Gasteiger partial charge on any atom is -0.354 e. The standard InChI is InChI=1S/C10H18N2O2S/c1-3-8(2)11-9(13)4-5-12-6-7-15-10(12)14/h8H,3-7H2,1-2H3,(H,11,13). The summed E-state index contributed by atoms with van der Waals surface area (Å²) in [4.78, 5) is 24.4. The zero-order chi connectivity index (χ0) is 11.3. The second kappa shape index (κ2) is 6.00. The van der Waals surface area contributed by atoms with Crippen LogP contribution < -0.4 is 5.32 Å². The number of hydrogen-bond donors (Lipinski definition) is 1. The van der Waals surface area contributed by atoms with Gasteiger partial charge in [-0.05, 0) is 13.3 Å². The van der Waals surface area contributed by atoms with Crippen molar-refractivity contribution >= 4 is 22.9 Å². The molecule has 5 heteroatoms. The predicted molar refractivity (Wildman–Crippen MR) is 61.9 cm³/mol. The fourth-order valence-corrected chi connectivity index (χ4v) is 2.17. The zero-order valence-electron chi connectivity index (χ0n) is 9.28. The molecule has 0 radical (unpaired) electrons. The van der Waals surface area contributed by atoms with Crippen LogP contribution in [0, 0.1) is 0 Å². The molecular formula is C10H18N2O2S. The van der Waals surface area contributed by atoms with E-state index in [2.05, 4.69) is 5.32 Å². The van der Waals surface area contributed by atoms with E-state index in [1.165, 1.54) is 11.8 Å². The van der Waals surface area contributed by atoms with Crippen LogP contribution in [0.25, 0.3) is 0 Å². The molecule has 1 aliphatic rings. The molecule has 15 heavy (non-hydrogen) atoms. The summed E-state index contributed by atoms with van der Waals surface area (Å²) >= 11 is 1.33. The van der Waals surface area contributed by atoms with E-state index in [0.717, 1.165) is 18.7 Å². The molecule has 0 spiro atoms. The quantitative estimate of drug-likeness (QED) is 0.778. The van der Waals surface area contributed by atoms with Crippen LogP contribution in [0.4, 0.5) is 4.79 Å². The average molecular weight is 230 g/mol. The third-order valence-electron chi connectivity index (χ3n) is 2.47. The van der Waals surface area contributed by atoms with Crippen LogP contribution in [0.3, 0.4) is 0 Å². The summed E-state index contributed by atoms with van der Waals surface area (Å²) in [5.74, 6) is 0.889. The van der Waals surface area contributed by atoms with Crippen LogP contribution >= 0.6 is 11.8 Å². The lowest BCUT2D eigenvalue weighted by Crippen LogP contribution is -2.35. The van der Waals surface area contributed by atoms with Gasteiger partial charge in [-0.25, -0.2) is 0 Å². The Morgan fingerprint density at radius 1 is 1.67 bits per heavy atom. The molecule has 1 atom stereocenters. The molecule has 4 nitrogen and oxygen atoms in total. The van der Waals surface area contributed by atoms with E-state index in [1.807, 2.05) is 13.8 Å². The molecule has 0 aliphatic carbocycles. The minimum absolute atomic E-state index is 0.0362. The van der Waals surface area contributed by atoms with Gasteiger partial charge >= 0.3 is 0 Å². The largest absolute Gasteiger partial charge is 0.354 e. The van der Waals surface area contributed by atoms with Crippen molar-refractivity contribution in [1.82, 2.24) is 10.2 Å². The van der Waals surface area contributed by atoms with E-state index in [9.17, 15) is 9.59 Å². The van der Waals surface area contributed by atoms with Gasteiger partial charge in [0.2, 0.25) is 5.91 Å². The predicted octanol–water partition coefficient (Wildman–Crippen LogP) is 1.46. The Labute approximate surface area is 94.8 Å². The van der Waals surface area contributed by atoms with Crippen LogP contribution in [0.2, 0.25) is 0 Å². The van der Waals surface area contributed by atoms with E-state index in [-0.39, 0.29) is 17.2 Å². The number of rotatable bonds is 5. The number of nitrogens with zero attached hydrogens (tertiary/aromatic N) is 1. The molecule has 2 amide bonds. The Kier molecular flexibility index (Phi) is 4.94. The van der Waals surface area contributed by atoms with Gasteiger partial charge in [0.25, 0.3) is 5.24 Å². The molecule has 1 unspecified atom stereocenters. The van der Waals surface area contributed by atoms with Crippen molar-refractivity contribution in [3.63, 3.8) is 0 Å². The molecule has 0 bridgehead atoms. The summed E-state index contributed by atoms with van der Waals surface area (Å²) in [5.41, 5.74) is 0. The van der Waals surface area contributed by atoms with Crippen molar-refractivity contribution in [3.05, 3.63) is 0 Å². The van der Waals surface area contributed by atoms with Gasteiger partial charge in [-0.1, -0.05) is 18.7 Å². The summed E-state index contributed by atoms with van der Waals surface area (Å²) in [7, 11) is 0. The number of thioether (sulfide) groups is 1. The van der Waals surface area contributed by atoms with Crippen LogP contribution in [-0.4, -0.2) is 40.9 Å². The number of carbonyl (C=O) groups is 2. The molecular weight excluding hydrogens is 212 g/mol. The van der Waals surface area contributed by atoms with Crippen LogP contribution in [-0.2, 0) is 4.79 Å². The highest BCUT2D eigenvalue weighted by molar-refractivity contribution is 8.13. The molecule has 1 aliphatic heterocycles. The Hall–Kier alpha value is -0.710. The minimum atomic E-state index is 0.0362. The Balaban J connectivity index is 2.19. The summed E-state index contributed by atoms with van der Waals surface area (Å²) in [5, 5.41) is 2.99. The maximum absolute atomic E-state index is 11.4. The molecule has 1 rings (SSSR count). The van der Waals surface area contributed by atoms with Crippen molar-refractivity contribution in [2.24, 2.45) is 0 Å². The van der Waals surface area contributed by atoms with Crippen molar-refractivity contribution in [2.45, 2.75) is 32.7 Å². The highest BCUT2D eigenvalue weighted by Gasteiger charge is 2.21. The molecule has 86 valence electrons. The molecule has 0 aromatic rings. The summed E-state index contributed by atoms with van der Waals surface area (Å²) in [6.45, 7) is 5.34. The first kappa shape index (κ1) is 12.4. The van der Waals surface area contributed by atoms with E-state index in [1.54, 1.807) is 4.90 Å². The van der Waals surface area contributed by atoms with Gasteiger partial charge in [0, 0.05) is 31.3 Å². The van der Waals surface area contributed by atoms with Crippen LogP contribution in [0.1, 0.15) is 26.7 Å². The van der Waals surface area contributed by atoms with Gasteiger partial charge in [-0.15, -0.1) is 0 Å². The van der Waals surface area contributed by atoms with Gasteiger partial charge in [0.15, 0.2) is 0 Å². The Morgan fingerprint density at radius 3 is 2.93 bits per heavy atom. The van der Waals surface area contributed by atoms with E-state index in [4.69, 9.17) is 0 Å². The second-order valence-corrected chi connectivity index (χ2v) is 4.77. The highest BCUT2D eigenvalue weighted by atomic mass is 32.2. The summed E-state index contributed by atoms with van der Waals surface area (Å²) in [6, 6.07) is 0.223. The molecule has 0 aromatic heterocycles. The van der Waals surface area contributed by atoms with Crippen LogP contribution in [0.5, 0.6) is 0 Å². The van der Waals surface area contributed by atoms with Crippen molar-refractivity contribution < 1.29 is 9.59 Å². The van der Waals surface area contributed by atoms with E-state index >= 15 is 0 Å². The molecule has 1 N–H and O–H groups in total. The van der Waals surface area contributed by atoms with E-state index in [0.29, 0.717) is 13.0 Å². The fraction of sp³-hybridized carbons (Fsp3) is 0.800. The maximum Gasteiger partial charge on any atom is 0.281 e. The molecule has 1 saturated heterocycles. The topological polar surface area (TPSA) is 49.4 Å². The second-order valence-electron chi connectivity index (χ2n) is 3.73. The highest BCUT2D eigenvalue weighted by Crippen LogP contribution is 2.16. The molecule has 0 aromatic carbocycles. The molecule has 1 heterocycles. The first-order chi connectivity index (χ1) is 7.13. The number of carbonyl (C=O) groups excluding carboxylic acids is 2. The maximum atomic E-state index is 11.4. The Morgan fingerprint density at radius 2 is 2.40 bits per heavy atom. The molecule has 1 fully saturated rings. The smallest absolute Gasteiger partial charge is 0.281 e. The van der Waals surface area contributed by atoms with Crippen molar-refractivity contribution in [1.29, 1.82) is 0 Å². The van der Waals surface area contributed by atoms with Gasteiger partial charge < -0.3 is 10.2 Å². The average Bonchev–Trinajstić information content (AvgIpc) is 2.61. The monoisotopic (exact) mass is 230 g/mol. The number of nitrogens with one attached hydrogen (secondary N) is 1. The van der Waals surface area contributed by atoms with Gasteiger partial charge in [-0.3, -0.25) is 9.59 Å². The third kappa shape index (κ3) is 4.11. The summed E-state index contributed by atoms with van der Waals surface area (Å²) in [6.07, 6.45) is 1.35. The SMILES string of the molecule is CCC(C)NC(=O)CCN1CCSC1=O. The van der Waals surface area contributed by atoms with Crippen molar-refractivity contribution in [2.75, 3.05) is 18.8 Å². The third-order valence-corrected chi connectivity index (χ3v) is 3.37. The number of hydrogen-bond acceptors (Lipinski definition) is 3. The lowest BCUT2D eigenvalue weighted by Gasteiger charge is -2.15.